The summed E-state index contributed by atoms with van der Waals surface area (Å²) >= 11 is 0. The molecule has 0 amide bonds. The minimum Gasteiger partial charge on any atom is -0.550 e. The van der Waals surface area contributed by atoms with Crippen molar-refractivity contribution in [2.45, 2.75) is 38.0 Å². The van der Waals surface area contributed by atoms with E-state index in [4.69, 9.17) is 0 Å². The molecule has 1 atom stereocenters. The van der Waals surface area contributed by atoms with E-state index in [0.29, 0.717) is 19.3 Å². The minimum absolute atomic E-state index is 0.156. The van der Waals surface area contributed by atoms with Crippen LogP contribution in [0.2, 0.25) is 0 Å². The number of rotatable bonds is 1. The van der Waals surface area contributed by atoms with Crippen molar-refractivity contribution in [2.24, 2.45) is 11.3 Å². The predicted molar refractivity (Wildman–Crippen MR) is 39.0 cm³/mol. The van der Waals surface area contributed by atoms with Gasteiger partial charge in [0, 0.05) is 24.7 Å². The summed E-state index contributed by atoms with van der Waals surface area (Å²) in [5.41, 5.74) is -0.319. The van der Waals surface area contributed by atoms with E-state index in [1.165, 1.54) is 0 Å². The van der Waals surface area contributed by atoms with E-state index in [9.17, 15) is 18.7 Å². The molecule has 13 heavy (non-hydrogen) atoms. The molecule has 0 aliphatic heterocycles. The summed E-state index contributed by atoms with van der Waals surface area (Å²) in [6.07, 6.45) is 0.927. The second-order valence-electron chi connectivity index (χ2n) is 4.29. The van der Waals surface area contributed by atoms with Gasteiger partial charge in [-0.15, -0.1) is 0 Å². The second kappa shape index (κ2) is 2.42. The van der Waals surface area contributed by atoms with Gasteiger partial charge in [-0.2, -0.15) is 0 Å². The number of halogens is 2. The zero-order valence-corrected chi connectivity index (χ0v) is 7.19. The fourth-order valence-corrected chi connectivity index (χ4v) is 2.35. The first kappa shape index (κ1) is 8.91. The maximum absolute atomic E-state index is 12.7. The molecule has 2 saturated carbocycles. The third kappa shape index (κ3) is 1.42. The van der Waals surface area contributed by atoms with Gasteiger partial charge in [0.15, 0.2) is 0 Å². The van der Waals surface area contributed by atoms with Crippen LogP contribution >= 0.6 is 0 Å². The molecular formula is C9H11F2O2-. The average Bonchev–Trinajstić information content (AvgIpc) is 2.72. The molecule has 2 aliphatic rings. The van der Waals surface area contributed by atoms with E-state index >= 15 is 0 Å². The van der Waals surface area contributed by atoms with Crippen LogP contribution in [-0.4, -0.2) is 11.9 Å². The number of carboxylic acid groups (broad SMARTS) is 1. The Bertz CT molecular complexity index is 240. The molecule has 0 N–H and O–H groups in total. The Morgan fingerprint density at radius 2 is 1.77 bits per heavy atom. The first-order valence-electron chi connectivity index (χ1n) is 4.54. The quantitative estimate of drug-likeness (QED) is 0.616. The molecule has 2 aliphatic carbocycles. The highest BCUT2D eigenvalue weighted by molar-refractivity contribution is 5.72. The number of alkyl halides is 2. The number of aliphatic carboxylic acids is 1. The highest BCUT2D eigenvalue weighted by Crippen LogP contribution is 2.63. The van der Waals surface area contributed by atoms with Crippen LogP contribution in [0.1, 0.15) is 32.1 Å². The molecule has 1 unspecified atom stereocenters. The first-order chi connectivity index (χ1) is 5.95. The van der Waals surface area contributed by atoms with Crippen molar-refractivity contribution in [3.05, 3.63) is 0 Å². The second-order valence-corrected chi connectivity index (χ2v) is 4.29. The molecule has 1 spiro atoms. The lowest BCUT2D eigenvalue weighted by Crippen LogP contribution is -2.31. The van der Waals surface area contributed by atoms with E-state index in [-0.39, 0.29) is 18.3 Å². The van der Waals surface area contributed by atoms with Crippen LogP contribution in [0.25, 0.3) is 0 Å². The molecule has 0 heterocycles. The van der Waals surface area contributed by atoms with Gasteiger partial charge in [0.2, 0.25) is 5.92 Å². The van der Waals surface area contributed by atoms with Gasteiger partial charge in [0.25, 0.3) is 0 Å². The number of carbonyl (C=O) groups excluding carboxylic acids is 1. The molecule has 0 bridgehead atoms. The summed E-state index contributed by atoms with van der Waals surface area (Å²) < 4.78 is 25.5. The Kier molecular flexibility index (Phi) is 1.66. The molecule has 2 rings (SSSR count). The molecule has 2 fully saturated rings. The molecule has 4 heteroatoms. The van der Waals surface area contributed by atoms with Crippen LogP contribution < -0.4 is 5.11 Å². The normalized spacial score (nSPS) is 34.5. The van der Waals surface area contributed by atoms with Crippen molar-refractivity contribution in [3.8, 4) is 0 Å². The molecule has 0 saturated heterocycles. The minimum atomic E-state index is -2.57. The lowest BCUT2D eigenvalue weighted by Gasteiger charge is -2.29. The maximum atomic E-state index is 12.7. The maximum Gasteiger partial charge on any atom is 0.248 e. The largest absolute Gasteiger partial charge is 0.550 e. The van der Waals surface area contributed by atoms with Gasteiger partial charge >= 0.3 is 0 Å². The molecule has 0 aromatic carbocycles. The number of hydrogen-bond acceptors (Lipinski definition) is 2. The molecular weight excluding hydrogens is 178 g/mol. The summed E-state index contributed by atoms with van der Waals surface area (Å²) in [7, 11) is 0. The zero-order chi connectivity index (χ0) is 9.69. The summed E-state index contributed by atoms with van der Waals surface area (Å²) in [4.78, 5) is 10.5. The number of carboxylic acids is 1. The topological polar surface area (TPSA) is 40.1 Å². The Balaban J connectivity index is 1.97. The van der Waals surface area contributed by atoms with Crippen molar-refractivity contribution in [1.29, 1.82) is 0 Å². The van der Waals surface area contributed by atoms with Crippen molar-refractivity contribution in [1.82, 2.24) is 0 Å². The van der Waals surface area contributed by atoms with Crippen LogP contribution in [0.3, 0.4) is 0 Å². The van der Waals surface area contributed by atoms with Gasteiger partial charge < -0.3 is 9.90 Å². The van der Waals surface area contributed by atoms with Crippen LogP contribution in [0.5, 0.6) is 0 Å². The highest BCUT2D eigenvalue weighted by Gasteiger charge is 2.58. The van der Waals surface area contributed by atoms with E-state index < -0.39 is 17.8 Å². The van der Waals surface area contributed by atoms with Crippen LogP contribution in [0.4, 0.5) is 8.78 Å². The summed E-state index contributed by atoms with van der Waals surface area (Å²) in [5.74, 6) is -4.08. The molecule has 0 aromatic heterocycles. The summed E-state index contributed by atoms with van der Waals surface area (Å²) in [5, 5.41) is 10.5. The van der Waals surface area contributed by atoms with Gasteiger partial charge in [0.05, 0.1) is 0 Å². The van der Waals surface area contributed by atoms with Gasteiger partial charge in [-0.3, -0.25) is 0 Å². The van der Waals surface area contributed by atoms with Crippen LogP contribution in [0.15, 0.2) is 0 Å². The number of carbonyl (C=O) groups is 1. The van der Waals surface area contributed by atoms with Gasteiger partial charge in [0.1, 0.15) is 0 Å². The van der Waals surface area contributed by atoms with Gasteiger partial charge in [-0.1, -0.05) is 0 Å². The van der Waals surface area contributed by atoms with Crippen LogP contribution in [0, 0.1) is 11.3 Å². The van der Waals surface area contributed by atoms with E-state index in [1.807, 2.05) is 0 Å². The van der Waals surface area contributed by atoms with E-state index in [2.05, 4.69) is 0 Å². The lowest BCUT2D eigenvalue weighted by molar-refractivity contribution is -0.309. The average molecular weight is 189 g/mol. The first-order valence-corrected chi connectivity index (χ1v) is 4.54. The highest BCUT2D eigenvalue weighted by atomic mass is 19.3. The van der Waals surface area contributed by atoms with Gasteiger partial charge in [-0.25, -0.2) is 8.78 Å². The lowest BCUT2D eigenvalue weighted by atomic mass is 9.82. The molecule has 2 nitrogen and oxygen atoms in total. The molecule has 0 radical (unpaired) electrons. The van der Waals surface area contributed by atoms with E-state index in [1.54, 1.807) is 0 Å². The number of hydrogen-bond donors (Lipinski definition) is 0. The van der Waals surface area contributed by atoms with Crippen molar-refractivity contribution < 1.29 is 18.7 Å². The van der Waals surface area contributed by atoms with Crippen molar-refractivity contribution in [2.75, 3.05) is 0 Å². The fraction of sp³-hybridized carbons (Fsp3) is 0.889. The summed E-state index contributed by atoms with van der Waals surface area (Å²) in [6.45, 7) is 0. The molecule has 0 aromatic rings. The van der Waals surface area contributed by atoms with Crippen molar-refractivity contribution >= 4 is 5.97 Å². The predicted octanol–water partition coefficient (Wildman–Crippen LogP) is 0.952. The Labute approximate surface area is 74.9 Å². The summed E-state index contributed by atoms with van der Waals surface area (Å²) in [6, 6.07) is 0. The standard InChI is InChI=1S/C9H12F2O2/c10-9(11)3-1-8(2-4-9)5-6(8)7(12)13/h6H,1-5H2,(H,12,13)/p-1. The Hall–Kier alpha value is -0.670. The fourth-order valence-electron chi connectivity index (χ4n) is 2.35. The third-order valence-corrected chi connectivity index (χ3v) is 3.45. The Morgan fingerprint density at radius 3 is 2.15 bits per heavy atom. The van der Waals surface area contributed by atoms with E-state index in [0.717, 1.165) is 0 Å². The smallest absolute Gasteiger partial charge is 0.248 e. The SMILES string of the molecule is O=C([O-])C1CC12CCC(F)(F)CC2. The third-order valence-electron chi connectivity index (χ3n) is 3.45. The molecule has 74 valence electrons. The monoisotopic (exact) mass is 189 g/mol. The zero-order valence-electron chi connectivity index (χ0n) is 7.19. The van der Waals surface area contributed by atoms with Crippen molar-refractivity contribution in [3.63, 3.8) is 0 Å². The van der Waals surface area contributed by atoms with Gasteiger partial charge in [-0.05, 0) is 24.7 Å². The van der Waals surface area contributed by atoms with Crippen LogP contribution in [-0.2, 0) is 4.79 Å². The Morgan fingerprint density at radius 1 is 1.23 bits per heavy atom.